The summed E-state index contributed by atoms with van der Waals surface area (Å²) in [5, 5.41) is 2.66. The van der Waals surface area contributed by atoms with Crippen molar-refractivity contribution in [3.63, 3.8) is 0 Å². The number of hydrogen-bond acceptors (Lipinski definition) is 5. The summed E-state index contributed by atoms with van der Waals surface area (Å²) >= 11 is 0. The van der Waals surface area contributed by atoms with Crippen LogP contribution in [-0.2, 0) is 14.8 Å². The zero-order valence-corrected chi connectivity index (χ0v) is 17.4. The molecule has 1 amide bonds. The Morgan fingerprint density at radius 1 is 1.07 bits per heavy atom. The predicted molar refractivity (Wildman–Crippen MR) is 113 cm³/mol. The maximum atomic E-state index is 12.9. The van der Waals surface area contributed by atoms with Gasteiger partial charge in [-0.15, -0.1) is 0 Å². The van der Waals surface area contributed by atoms with E-state index in [9.17, 15) is 17.6 Å². The van der Waals surface area contributed by atoms with Crippen molar-refractivity contribution >= 4 is 27.5 Å². The molecule has 1 aliphatic heterocycles. The van der Waals surface area contributed by atoms with Crippen molar-refractivity contribution in [2.45, 2.75) is 43.6 Å². The van der Waals surface area contributed by atoms with Crippen LogP contribution in [0.4, 0.5) is 10.1 Å². The molecule has 0 fully saturated rings. The molecule has 1 heterocycles. The van der Waals surface area contributed by atoms with Crippen molar-refractivity contribution < 1.29 is 22.3 Å². The fourth-order valence-electron chi connectivity index (χ4n) is 2.90. The lowest BCUT2D eigenvalue weighted by Gasteiger charge is -2.15. The Kier molecular flexibility index (Phi) is 7.04. The number of carbonyl (C=O) groups excluding carboxylic acids is 1. The number of amidine groups is 1. The third-order valence-electron chi connectivity index (χ3n) is 4.55. The van der Waals surface area contributed by atoms with Crippen LogP contribution in [-0.4, -0.2) is 32.8 Å². The first-order valence-electron chi connectivity index (χ1n) is 9.73. The molecule has 0 aliphatic carbocycles. The molecule has 0 saturated heterocycles. The van der Waals surface area contributed by atoms with Crippen LogP contribution in [0, 0.1) is 5.82 Å². The van der Waals surface area contributed by atoms with Crippen LogP contribution >= 0.6 is 0 Å². The van der Waals surface area contributed by atoms with Gasteiger partial charge in [-0.2, -0.15) is 0 Å². The van der Waals surface area contributed by atoms with E-state index in [0.29, 0.717) is 30.2 Å². The smallest absolute Gasteiger partial charge is 0.265 e. The van der Waals surface area contributed by atoms with Crippen LogP contribution in [0.1, 0.15) is 32.6 Å². The Morgan fingerprint density at radius 3 is 2.47 bits per heavy atom. The molecule has 7 nitrogen and oxygen atoms in total. The minimum absolute atomic E-state index is 0.0862. The predicted octanol–water partition coefficient (Wildman–Crippen LogP) is 3.48. The summed E-state index contributed by atoms with van der Waals surface area (Å²) in [6, 6.07) is 11.2. The van der Waals surface area contributed by atoms with E-state index < -0.39 is 27.9 Å². The normalized spacial score (nSPS) is 15.5. The van der Waals surface area contributed by atoms with Gasteiger partial charge in [0.2, 0.25) is 0 Å². The summed E-state index contributed by atoms with van der Waals surface area (Å²) in [4.78, 5) is 16.7. The second-order valence-electron chi connectivity index (χ2n) is 6.97. The average molecular weight is 434 g/mol. The molecule has 2 aromatic carbocycles. The quantitative estimate of drug-likeness (QED) is 0.729. The minimum atomic E-state index is -3.73. The molecule has 2 N–H and O–H groups in total. The Morgan fingerprint density at radius 2 is 1.77 bits per heavy atom. The van der Waals surface area contributed by atoms with E-state index in [1.807, 2.05) is 0 Å². The van der Waals surface area contributed by atoms with Crippen molar-refractivity contribution in [1.29, 1.82) is 0 Å². The number of halogens is 1. The van der Waals surface area contributed by atoms with E-state index in [1.165, 1.54) is 48.5 Å². The molecule has 0 unspecified atom stereocenters. The third kappa shape index (κ3) is 6.03. The van der Waals surface area contributed by atoms with Crippen LogP contribution in [0.25, 0.3) is 0 Å². The van der Waals surface area contributed by atoms with Gasteiger partial charge in [0.05, 0.1) is 4.90 Å². The summed E-state index contributed by atoms with van der Waals surface area (Å²) in [6.07, 6.45) is 2.69. The number of sulfonamides is 1. The highest BCUT2D eigenvalue weighted by atomic mass is 32.2. The van der Waals surface area contributed by atoms with Crippen LogP contribution in [0.5, 0.6) is 5.75 Å². The molecule has 3 rings (SSSR count). The highest BCUT2D eigenvalue weighted by Gasteiger charge is 2.18. The standard InChI is InChI=1S/C21H24FN3O4S/c1-15(29-18-10-6-16(22)7-11-18)21(26)24-17-8-12-19(13-9-17)30(27,28)25-20-5-3-2-4-14-23-20/h6-13,15H,2-5,14H2,1H3,(H,23,25)(H,24,26)/t15-/m1/s1. The van der Waals surface area contributed by atoms with Gasteiger partial charge in [0.25, 0.3) is 15.9 Å². The first-order chi connectivity index (χ1) is 14.3. The van der Waals surface area contributed by atoms with Gasteiger partial charge in [-0.3, -0.25) is 14.5 Å². The number of ether oxygens (including phenoxy) is 1. The summed E-state index contributed by atoms with van der Waals surface area (Å²) in [7, 11) is -3.73. The zero-order chi connectivity index (χ0) is 21.6. The molecule has 0 radical (unpaired) electrons. The lowest BCUT2D eigenvalue weighted by atomic mass is 10.2. The van der Waals surface area contributed by atoms with Gasteiger partial charge in [-0.1, -0.05) is 6.42 Å². The van der Waals surface area contributed by atoms with Crippen LogP contribution in [0.3, 0.4) is 0 Å². The van der Waals surface area contributed by atoms with E-state index in [4.69, 9.17) is 4.74 Å². The number of nitrogens with one attached hydrogen (secondary N) is 2. The van der Waals surface area contributed by atoms with Gasteiger partial charge in [-0.05, 0) is 68.3 Å². The van der Waals surface area contributed by atoms with Gasteiger partial charge in [0.15, 0.2) is 6.10 Å². The van der Waals surface area contributed by atoms with E-state index in [2.05, 4.69) is 15.0 Å². The van der Waals surface area contributed by atoms with E-state index >= 15 is 0 Å². The second-order valence-corrected chi connectivity index (χ2v) is 8.65. The summed E-state index contributed by atoms with van der Waals surface area (Å²) in [5.41, 5.74) is 0.431. The van der Waals surface area contributed by atoms with Crippen LogP contribution in [0.15, 0.2) is 58.4 Å². The van der Waals surface area contributed by atoms with E-state index in [-0.39, 0.29) is 4.90 Å². The van der Waals surface area contributed by atoms with E-state index in [1.54, 1.807) is 6.92 Å². The number of benzene rings is 2. The van der Waals surface area contributed by atoms with Gasteiger partial charge in [0, 0.05) is 18.7 Å². The van der Waals surface area contributed by atoms with Crippen molar-refractivity contribution in [2.75, 3.05) is 11.9 Å². The topological polar surface area (TPSA) is 96.9 Å². The van der Waals surface area contributed by atoms with Crippen molar-refractivity contribution in [1.82, 2.24) is 4.72 Å². The minimum Gasteiger partial charge on any atom is -0.481 e. The van der Waals surface area contributed by atoms with Crippen molar-refractivity contribution in [3.05, 3.63) is 54.3 Å². The molecule has 2 aromatic rings. The third-order valence-corrected chi connectivity index (χ3v) is 5.95. The molecule has 0 saturated carbocycles. The molecule has 9 heteroatoms. The molecule has 1 aliphatic rings. The Labute approximate surface area is 175 Å². The number of amides is 1. The van der Waals surface area contributed by atoms with E-state index in [0.717, 1.165) is 19.3 Å². The van der Waals surface area contributed by atoms with Crippen LogP contribution < -0.4 is 14.8 Å². The Bertz CT molecular complexity index is 1010. The first kappa shape index (κ1) is 21.8. The summed E-state index contributed by atoms with van der Waals surface area (Å²) in [5.74, 6) is 0.0422. The monoisotopic (exact) mass is 433 g/mol. The first-order valence-corrected chi connectivity index (χ1v) is 11.2. The highest BCUT2D eigenvalue weighted by Crippen LogP contribution is 2.17. The molecule has 30 heavy (non-hydrogen) atoms. The van der Waals surface area contributed by atoms with Crippen molar-refractivity contribution in [2.24, 2.45) is 4.99 Å². The van der Waals surface area contributed by atoms with Crippen molar-refractivity contribution in [3.8, 4) is 5.75 Å². The van der Waals surface area contributed by atoms with Gasteiger partial charge >= 0.3 is 0 Å². The summed E-state index contributed by atoms with van der Waals surface area (Å²) < 4.78 is 46.1. The molecule has 0 bridgehead atoms. The average Bonchev–Trinajstić information content (AvgIpc) is 2.98. The van der Waals surface area contributed by atoms with Gasteiger partial charge in [0.1, 0.15) is 17.4 Å². The van der Waals surface area contributed by atoms with Crippen LogP contribution in [0.2, 0.25) is 0 Å². The number of aliphatic imine (C=N–C) groups is 1. The largest absolute Gasteiger partial charge is 0.481 e. The number of hydrogen-bond donors (Lipinski definition) is 2. The fourth-order valence-corrected chi connectivity index (χ4v) is 3.99. The van der Waals surface area contributed by atoms with Gasteiger partial charge < -0.3 is 10.1 Å². The lowest BCUT2D eigenvalue weighted by molar-refractivity contribution is -0.122. The second kappa shape index (κ2) is 9.71. The number of nitrogens with zero attached hydrogens (tertiary/aromatic N) is 1. The molecular formula is C21H24FN3O4S. The maximum Gasteiger partial charge on any atom is 0.265 e. The SMILES string of the molecule is C[C@@H](Oc1ccc(F)cc1)C(=O)Nc1ccc(S(=O)(=O)NC2=NCCCCC2)cc1. The molecule has 1 atom stereocenters. The molecular weight excluding hydrogens is 409 g/mol. The number of anilines is 1. The molecule has 160 valence electrons. The number of carbonyl (C=O) groups is 1. The zero-order valence-electron chi connectivity index (χ0n) is 16.6. The maximum absolute atomic E-state index is 12.9. The Balaban J connectivity index is 1.59. The van der Waals surface area contributed by atoms with Gasteiger partial charge in [-0.25, -0.2) is 12.8 Å². The fraction of sp³-hybridized carbons (Fsp3) is 0.333. The Hall–Kier alpha value is -2.94. The highest BCUT2D eigenvalue weighted by molar-refractivity contribution is 7.90. The molecule has 0 spiro atoms. The lowest BCUT2D eigenvalue weighted by Crippen LogP contribution is -2.31. The number of rotatable bonds is 6. The molecule has 0 aromatic heterocycles. The summed E-state index contributed by atoms with van der Waals surface area (Å²) in [6.45, 7) is 2.19.